The Morgan fingerprint density at radius 3 is 2.80 bits per heavy atom. The van der Waals surface area contributed by atoms with Gasteiger partial charge in [-0.25, -0.2) is 0 Å². The van der Waals surface area contributed by atoms with Crippen LogP contribution in [0.1, 0.15) is 24.5 Å². The molecule has 0 bridgehead atoms. The number of hydrogen-bond donors (Lipinski definition) is 2. The van der Waals surface area contributed by atoms with Gasteiger partial charge in [-0.15, -0.1) is 0 Å². The minimum Gasteiger partial charge on any atom is -0.370 e. The number of nitrogens with one attached hydrogen (secondary N) is 2. The van der Waals surface area contributed by atoms with E-state index >= 15 is 0 Å². The molecule has 4 heteroatoms. The van der Waals surface area contributed by atoms with Gasteiger partial charge in [-0.2, -0.15) is 0 Å². The van der Waals surface area contributed by atoms with Crippen LogP contribution in [0, 0.1) is 12.3 Å². The van der Waals surface area contributed by atoms with Crippen molar-refractivity contribution in [3.05, 3.63) is 29.3 Å². The van der Waals surface area contributed by atoms with Gasteiger partial charge in [0.15, 0.2) is 0 Å². The van der Waals surface area contributed by atoms with Crippen LogP contribution in [-0.2, 0) is 11.3 Å². The smallest absolute Gasteiger partial charge is 0.227 e. The Morgan fingerprint density at radius 2 is 2.15 bits per heavy atom. The van der Waals surface area contributed by atoms with E-state index in [4.69, 9.17) is 0 Å². The molecule has 0 aromatic heterocycles. The van der Waals surface area contributed by atoms with Gasteiger partial charge in [-0.05, 0) is 38.9 Å². The second-order valence-corrected chi connectivity index (χ2v) is 5.97. The molecule has 2 rings (SSSR count). The zero-order chi connectivity index (χ0) is 14.8. The molecular formula is C16H25N3O. The summed E-state index contributed by atoms with van der Waals surface area (Å²) in [7, 11) is 3.68. The second-order valence-electron chi connectivity index (χ2n) is 5.97. The fourth-order valence-corrected chi connectivity index (χ4v) is 3.01. The summed E-state index contributed by atoms with van der Waals surface area (Å²) in [6.45, 7) is 6.74. The van der Waals surface area contributed by atoms with Crippen LogP contribution < -0.4 is 15.5 Å². The van der Waals surface area contributed by atoms with Crippen molar-refractivity contribution in [2.75, 3.05) is 32.1 Å². The molecule has 110 valence electrons. The number of benzene rings is 1. The molecular weight excluding hydrogens is 250 g/mol. The van der Waals surface area contributed by atoms with Gasteiger partial charge >= 0.3 is 0 Å². The van der Waals surface area contributed by atoms with Crippen molar-refractivity contribution in [2.24, 2.45) is 5.41 Å². The van der Waals surface area contributed by atoms with Crippen LogP contribution in [0.2, 0.25) is 0 Å². The second kappa shape index (κ2) is 5.83. The third-order valence-electron chi connectivity index (χ3n) is 4.19. The van der Waals surface area contributed by atoms with Crippen LogP contribution in [0.4, 0.5) is 5.69 Å². The summed E-state index contributed by atoms with van der Waals surface area (Å²) in [6, 6.07) is 6.54. The molecule has 4 nitrogen and oxygen atoms in total. The van der Waals surface area contributed by atoms with Crippen LogP contribution in [0.3, 0.4) is 0 Å². The molecule has 1 atom stereocenters. The van der Waals surface area contributed by atoms with Gasteiger partial charge in [0.2, 0.25) is 5.91 Å². The van der Waals surface area contributed by atoms with Crippen LogP contribution in [0.15, 0.2) is 18.2 Å². The summed E-state index contributed by atoms with van der Waals surface area (Å²) < 4.78 is 0. The Morgan fingerprint density at radius 1 is 1.40 bits per heavy atom. The molecule has 1 unspecified atom stereocenters. The number of carbonyl (C=O) groups excluding carboxylic acids is 1. The van der Waals surface area contributed by atoms with E-state index in [-0.39, 0.29) is 11.3 Å². The molecule has 0 spiro atoms. The average Bonchev–Trinajstić information content (AvgIpc) is 2.82. The van der Waals surface area contributed by atoms with E-state index in [0.717, 1.165) is 26.1 Å². The molecule has 20 heavy (non-hydrogen) atoms. The van der Waals surface area contributed by atoms with E-state index < -0.39 is 0 Å². The lowest BCUT2D eigenvalue weighted by Crippen LogP contribution is -2.39. The average molecular weight is 275 g/mol. The Kier molecular flexibility index (Phi) is 4.33. The highest BCUT2D eigenvalue weighted by Gasteiger charge is 2.40. The van der Waals surface area contributed by atoms with E-state index in [1.165, 1.54) is 16.8 Å². The van der Waals surface area contributed by atoms with Crippen molar-refractivity contribution in [3.63, 3.8) is 0 Å². The predicted molar refractivity (Wildman–Crippen MR) is 82.9 cm³/mol. The topological polar surface area (TPSA) is 44.4 Å². The lowest BCUT2D eigenvalue weighted by atomic mass is 9.89. The van der Waals surface area contributed by atoms with Crippen molar-refractivity contribution in [1.29, 1.82) is 0 Å². The number of rotatable bonds is 4. The summed E-state index contributed by atoms with van der Waals surface area (Å²) in [6.07, 6.45) is 0.902. The van der Waals surface area contributed by atoms with Gasteiger partial charge < -0.3 is 15.5 Å². The van der Waals surface area contributed by atoms with E-state index in [2.05, 4.69) is 47.6 Å². The third kappa shape index (κ3) is 2.80. The third-order valence-corrected chi connectivity index (χ3v) is 4.19. The maximum Gasteiger partial charge on any atom is 0.227 e. The van der Waals surface area contributed by atoms with E-state index in [1.807, 2.05) is 7.05 Å². The normalized spacial score (nSPS) is 22.1. The van der Waals surface area contributed by atoms with Gasteiger partial charge in [0, 0.05) is 32.4 Å². The first kappa shape index (κ1) is 14.9. The molecule has 1 saturated heterocycles. The van der Waals surface area contributed by atoms with Gasteiger partial charge in [-0.1, -0.05) is 17.7 Å². The van der Waals surface area contributed by atoms with Crippen molar-refractivity contribution >= 4 is 11.6 Å². The molecule has 1 aromatic rings. The lowest BCUT2D eigenvalue weighted by molar-refractivity contribution is -0.128. The summed E-state index contributed by atoms with van der Waals surface area (Å²) >= 11 is 0. The monoisotopic (exact) mass is 275 g/mol. The molecule has 0 aliphatic carbocycles. The number of anilines is 1. The fraction of sp³-hybridized carbons (Fsp3) is 0.562. The minimum absolute atomic E-state index is 0.141. The standard InChI is InChI=1S/C16H25N3O/c1-12-5-6-14(13(9-12)10-17-3)19-8-7-16(2,11-19)15(20)18-4/h5-6,9,17H,7-8,10-11H2,1-4H3,(H,18,20). The number of hydrogen-bond acceptors (Lipinski definition) is 3. The number of carbonyl (C=O) groups is 1. The van der Waals surface area contributed by atoms with Crippen LogP contribution in [-0.4, -0.2) is 33.1 Å². The minimum atomic E-state index is -0.281. The Labute approximate surface area is 121 Å². The summed E-state index contributed by atoms with van der Waals surface area (Å²) in [5.74, 6) is 0.141. The van der Waals surface area contributed by atoms with Crippen LogP contribution >= 0.6 is 0 Å². The largest absolute Gasteiger partial charge is 0.370 e. The SMILES string of the molecule is CNCc1cc(C)ccc1N1CCC(C)(C(=O)NC)C1. The molecule has 0 saturated carbocycles. The molecule has 1 heterocycles. The zero-order valence-corrected chi connectivity index (χ0v) is 12.9. The molecule has 1 aromatic carbocycles. The highest BCUT2D eigenvalue weighted by Crippen LogP contribution is 2.35. The number of amides is 1. The van der Waals surface area contributed by atoms with Crippen molar-refractivity contribution in [2.45, 2.75) is 26.8 Å². The Balaban J connectivity index is 2.24. The first-order valence-corrected chi connectivity index (χ1v) is 7.21. The quantitative estimate of drug-likeness (QED) is 0.878. The first-order valence-electron chi connectivity index (χ1n) is 7.21. The molecule has 1 amide bonds. The number of nitrogens with zero attached hydrogens (tertiary/aromatic N) is 1. The zero-order valence-electron chi connectivity index (χ0n) is 12.9. The molecule has 0 radical (unpaired) electrons. The van der Waals surface area contributed by atoms with Gasteiger partial charge in [-0.3, -0.25) is 4.79 Å². The fourth-order valence-electron chi connectivity index (χ4n) is 3.01. The summed E-state index contributed by atoms with van der Waals surface area (Å²) in [5.41, 5.74) is 3.54. The van der Waals surface area contributed by atoms with E-state index in [1.54, 1.807) is 7.05 Å². The highest BCUT2D eigenvalue weighted by molar-refractivity contribution is 5.83. The molecule has 1 aliphatic rings. The highest BCUT2D eigenvalue weighted by atomic mass is 16.2. The van der Waals surface area contributed by atoms with Crippen molar-refractivity contribution in [1.82, 2.24) is 10.6 Å². The maximum atomic E-state index is 12.0. The molecule has 2 N–H and O–H groups in total. The van der Waals surface area contributed by atoms with Crippen LogP contribution in [0.25, 0.3) is 0 Å². The van der Waals surface area contributed by atoms with Crippen LogP contribution in [0.5, 0.6) is 0 Å². The van der Waals surface area contributed by atoms with E-state index in [9.17, 15) is 4.79 Å². The van der Waals surface area contributed by atoms with Gasteiger partial charge in [0.1, 0.15) is 0 Å². The maximum absolute atomic E-state index is 12.0. The Hall–Kier alpha value is -1.55. The van der Waals surface area contributed by atoms with Crippen molar-refractivity contribution in [3.8, 4) is 0 Å². The predicted octanol–water partition coefficient (Wildman–Crippen LogP) is 1.68. The molecule has 1 aliphatic heterocycles. The van der Waals surface area contributed by atoms with Gasteiger partial charge in [0.25, 0.3) is 0 Å². The summed E-state index contributed by atoms with van der Waals surface area (Å²) in [5, 5.41) is 6.01. The Bertz CT molecular complexity index is 500. The van der Waals surface area contributed by atoms with Gasteiger partial charge in [0.05, 0.1) is 5.41 Å². The summed E-state index contributed by atoms with van der Waals surface area (Å²) in [4.78, 5) is 14.4. The van der Waals surface area contributed by atoms with Crippen molar-refractivity contribution < 1.29 is 4.79 Å². The van der Waals surface area contributed by atoms with E-state index in [0.29, 0.717) is 0 Å². The molecule has 1 fully saturated rings. The first-order chi connectivity index (χ1) is 9.50. The number of aryl methyl sites for hydroxylation is 1. The lowest BCUT2D eigenvalue weighted by Gasteiger charge is -2.26.